The summed E-state index contributed by atoms with van der Waals surface area (Å²) in [5.74, 6) is -0.0193. The Hall–Kier alpha value is -3.26. The number of nitrogens with two attached hydrogens (primary N) is 1. The number of benzene rings is 3. The minimum atomic E-state index is -0.690. The Morgan fingerprint density at radius 3 is 2.13 bits per heavy atom. The van der Waals surface area contributed by atoms with E-state index in [-0.39, 0.29) is 19.1 Å². The topological polar surface area (TPSA) is 82.8 Å². The summed E-state index contributed by atoms with van der Waals surface area (Å²) in [4.78, 5) is 12.9. The van der Waals surface area contributed by atoms with Gasteiger partial charge in [-0.05, 0) is 67.6 Å². The van der Waals surface area contributed by atoms with E-state index in [0.29, 0.717) is 21.7 Å². The molecule has 38 heavy (non-hydrogen) atoms. The molecule has 196 valence electrons. The molecule has 1 heterocycles. The molecular formula is C30H32BClN2O4. The number of nitrogen functional groups attached to an aromatic ring is 1. The maximum Gasteiger partial charge on any atom is 0.492 e. The van der Waals surface area contributed by atoms with Gasteiger partial charge in [0.05, 0.1) is 11.2 Å². The van der Waals surface area contributed by atoms with Crippen molar-refractivity contribution < 1.29 is 18.8 Å². The summed E-state index contributed by atoms with van der Waals surface area (Å²) in [7, 11) is -0.690. The summed E-state index contributed by atoms with van der Waals surface area (Å²) in [5.41, 5.74) is 11.6. The van der Waals surface area contributed by atoms with Crippen LogP contribution in [-0.2, 0) is 14.0 Å². The number of carbonyl (C=O) groups excluding carboxylic acids is 1. The fraction of sp³-hybridized carbons (Fsp3) is 0.300. The number of carbonyl (C=O) groups is 1. The summed E-state index contributed by atoms with van der Waals surface area (Å²) in [5, 5.41) is 3.37. The quantitative estimate of drug-likeness (QED) is 0.282. The summed E-state index contributed by atoms with van der Waals surface area (Å²) < 4.78 is 18.2. The Labute approximate surface area is 229 Å². The Morgan fingerprint density at radius 1 is 0.974 bits per heavy atom. The van der Waals surface area contributed by atoms with Crippen molar-refractivity contribution in [1.29, 1.82) is 0 Å². The maximum atomic E-state index is 12.9. The van der Waals surface area contributed by atoms with Crippen LogP contribution < -0.4 is 11.1 Å². The van der Waals surface area contributed by atoms with Gasteiger partial charge in [-0.1, -0.05) is 72.3 Å². The van der Waals surface area contributed by atoms with Gasteiger partial charge >= 0.3 is 13.2 Å². The number of ether oxygens (including phenoxy) is 1. The molecule has 0 bridgehead atoms. The van der Waals surface area contributed by atoms with Gasteiger partial charge in [-0.3, -0.25) is 0 Å². The smallest absolute Gasteiger partial charge is 0.449 e. The summed E-state index contributed by atoms with van der Waals surface area (Å²) in [6, 6.07) is 21.8. The molecule has 3 aromatic rings. The van der Waals surface area contributed by atoms with Crippen LogP contribution in [0.15, 0.2) is 72.2 Å². The first kappa shape index (κ1) is 26.4. The first-order chi connectivity index (χ1) is 18.1. The molecule has 1 fully saturated rings. The van der Waals surface area contributed by atoms with E-state index in [0.717, 1.165) is 11.1 Å². The number of hydrogen-bond acceptors (Lipinski definition) is 5. The first-order valence-electron chi connectivity index (χ1n) is 12.8. The third-order valence-corrected chi connectivity index (χ3v) is 8.08. The zero-order valence-corrected chi connectivity index (χ0v) is 22.8. The number of rotatable bonds is 6. The SMILES string of the molecule is CC1(C)OB(C(=Cc2c(N)cccc2Cl)CNC(=O)OCC2c3ccccc3-c3ccccc32)OC1(C)C. The van der Waals surface area contributed by atoms with E-state index < -0.39 is 24.4 Å². The van der Waals surface area contributed by atoms with Crippen LogP contribution in [0.25, 0.3) is 17.2 Å². The summed E-state index contributed by atoms with van der Waals surface area (Å²) in [6.45, 7) is 8.28. The van der Waals surface area contributed by atoms with Crippen LogP contribution in [0.4, 0.5) is 10.5 Å². The van der Waals surface area contributed by atoms with Gasteiger partial charge in [-0.2, -0.15) is 0 Å². The van der Waals surface area contributed by atoms with Crippen molar-refractivity contribution in [3.8, 4) is 11.1 Å². The molecule has 1 aliphatic heterocycles. The van der Waals surface area contributed by atoms with Gasteiger partial charge < -0.3 is 25.1 Å². The molecule has 1 aliphatic carbocycles. The Morgan fingerprint density at radius 2 is 1.55 bits per heavy atom. The number of fused-ring (bicyclic) bond motifs is 3. The molecule has 0 unspecified atom stereocenters. The van der Waals surface area contributed by atoms with Crippen LogP contribution in [0.5, 0.6) is 0 Å². The zero-order valence-electron chi connectivity index (χ0n) is 22.1. The lowest BCUT2D eigenvalue weighted by Gasteiger charge is -2.32. The minimum Gasteiger partial charge on any atom is -0.449 e. The molecule has 5 rings (SSSR count). The van der Waals surface area contributed by atoms with E-state index in [1.54, 1.807) is 18.2 Å². The van der Waals surface area contributed by atoms with Crippen LogP contribution in [0.3, 0.4) is 0 Å². The van der Waals surface area contributed by atoms with Crippen molar-refractivity contribution in [2.24, 2.45) is 0 Å². The van der Waals surface area contributed by atoms with Crippen LogP contribution in [0.1, 0.15) is 50.3 Å². The predicted molar refractivity (Wildman–Crippen MR) is 153 cm³/mol. The van der Waals surface area contributed by atoms with E-state index in [4.69, 9.17) is 31.4 Å². The molecule has 3 N–H and O–H groups in total. The van der Waals surface area contributed by atoms with Gasteiger partial charge in [0.25, 0.3) is 0 Å². The van der Waals surface area contributed by atoms with Gasteiger partial charge in [0.1, 0.15) is 6.61 Å². The molecule has 0 radical (unpaired) electrons. The standard InChI is InChI=1S/C30H32BClN2O4/c1-29(2)30(3,4)38-31(37-29)19(16-24-26(32)14-9-15-27(24)33)17-34-28(35)36-18-25-22-12-7-5-10-20(22)21-11-6-8-13-23(21)25/h5-16,25H,17-18,33H2,1-4H3,(H,34,35). The van der Waals surface area contributed by atoms with Crippen LogP contribution >= 0.6 is 11.6 Å². The van der Waals surface area contributed by atoms with Gasteiger partial charge in [-0.25, -0.2) is 4.79 Å². The van der Waals surface area contributed by atoms with Crippen molar-refractivity contribution in [3.63, 3.8) is 0 Å². The first-order valence-corrected chi connectivity index (χ1v) is 13.1. The average Bonchev–Trinajstić information content (AvgIpc) is 3.31. The molecule has 0 aromatic heterocycles. The molecule has 0 saturated carbocycles. The lowest BCUT2D eigenvalue weighted by atomic mass is 9.77. The van der Waals surface area contributed by atoms with Crippen molar-refractivity contribution in [2.45, 2.75) is 44.8 Å². The summed E-state index contributed by atoms with van der Waals surface area (Å²) in [6.07, 6.45) is 1.30. The number of alkyl carbamates (subject to hydrolysis) is 1. The highest BCUT2D eigenvalue weighted by Gasteiger charge is 2.52. The highest BCUT2D eigenvalue weighted by Crippen LogP contribution is 2.44. The number of anilines is 1. The normalized spacial score (nSPS) is 17.7. The molecular weight excluding hydrogens is 499 g/mol. The predicted octanol–water partition coefficient (Wildman–Crippen LogP) is 6.48. The second-order valence-electron chi connectivity index (χ2n) is 10.7. The third kappa shape index (κ3) is 4.94. The van der Waals surface area contributed by atoms with Crippen LogP contribution in [0, 0.1) is 0 Å². The van der Waals surface area contributed by atoms with E-state index in [1.807, 2.05) is 58.0 Å². The molecule has 1 amide bonds. The van der Waals surface area contributed by atoms with Crippen molar-refractivity contribution in [3.05, 3.63) is 93.9 Å². The largest absolute Gasteiger partial charge is 0.492 e. The molecule has 6 nitrogen and oxygen atoms in total. The van der Waals surface area contributed by atoms with Gasteiger partial charge in [-0.15, -0.1) is 0 Å². The van der Waals surface area contributed by atoms with Crippen LogP contribution in [-0.4, -0.2) is 37.6 Å². The maximum absolute atomic E-state index is 12.9. The average molecular weight is 531 g/mol. The Bertz CT molecular complexity index is 1320. The fourth-order valence-corrected chi connectivity index (χ4v) is 5.15. The second-order valence-corrected chi connectivity index (χ2v) is 11.1. The van der Waals surface area contributed by atoms with Crippen molar-refractivity contribution in [2.75, 3.05) is 18.9 Å². The monoisotopic (exact) mass is 530 g/mol. The molecule has 2 aliphatic rings. The molecule has 3 aromatic carbocycles. The number of nitrogens with one attached hydrogen (secondary N) is 1. The van der Waals surface area contributed by atoms with E-state index in [9.17, 15) is 4.79 Å². The van der Waals surface area contributed by atoms with Gasteiger partial charge in [0.2, 0.25) is 0 Å². The number of amides is 1. The fourth-order valence-electron chi connectivity index (χ4n) is 4.91. The minimum absolute atomic E-state index is 0.0193. The lowest BCUT2D eigenvalue weighted by molar-refractivity contribution is 0.00578. The van der Waals surface area contributed by atoms with Crippen molar-refractivity contribution >= 4 is 36.6 Å². The molecule has 0 atom stereocenters. The third-order valence-electron chi connectivity index (χ3n) is 7.75. The number of halogens is 1. The Balaban J connectivity index is 1.32. The molecule has 0 spiro atoms. The van der Waals surface area contributed by atoms with Gasteiger partial charge in [0, 0.05) is 28.7 Å². The second kappa shape index (κ2) is 10.1. The lowest BCUT2D eigenvalue weighted by Crippen LogP contribution is -2.41. The van der Waals surface area contributed by atoms with Crippen LogP contribution in [0.2, 0.25) is 5.02 Å². The van der Waals surface area contributed by atoms with Crippen molar-refractivity contribution in [1.82, 2.24) is 5.32 Å². The molecule has 1 saturated heterocycles. The highest BCUT2D eigenvalue weighted by atomic mass is 35.5. The van der Waals surface area contributed by atoms with E-state index in [2.05, 4.69) is 29.6 Å². The number of hydrogen-bond donors (Lipinski definition) is 2. The highest BCUT2D eigenvalue weighted by molar-refractivity contribution is 6.56. The zero-order chi connectivity index (χ0) is 27.1. The summed E-state index contributed by atoms with van der Waals surface area (Å²) >= 11 is 6.44. The molecule has 8 heteroatoms. The Kier molecular flexibility index (Phi) is 7.03. The van der Waals surface area contributed by atoms with E-state index >= 15 is 0 Å². The van der Waals surface area contributed by atoms with Gasteiger partial charge in [0.15, 0.2) is 0 Å². The van der Waals surface area contributed by atoms with E-state index in [1.165, 1.54) is 11.1 Å².